The van der Waals surface area contributed by atoms with Crippen LogP contribution in [0.4, 0.5) is 0 Å². The molecule has 1 saturated heterocycles. The zero-order valence-corrected chi connectivity index (χ0v) is 19.8. The van der Waals surface area contributed by atoms with Crippen LogP contribution in [-0.4, -0.2) is 41.8 Å². The van der Waals surface area contributed by atoms with Gasteiger partial charge >= 0.3 is 0 Å². The van der Waals surface area contributed by atoms with Crippen molar-refractivity contribution in [3.8, 4) is 27.7 Å². The molecule has 4 rings (SSSR count). The molecule has 2 aromatic heterocycles. The van der Waals surface area contributed by atoms with E-state index >= 15 is 0 Å². The van der Waals surface area contributed by atoms with Crippen molar-refractivity contribution in [2.75, 3.05) is 20.3 Å². The van der Waals surface area contributed by atoms with Gasteiger partial charge in [0.05, 0.1) is 30.2 Å². The molecule has 0 saturated carbocycles. The van der Waals surface area contributed by atoms with Gasteiger partial charge in [-0.3, -0.25) is 4.79 Å². The highest BCUT2D eigenvalue weighted by Gasteiger charge is 2.24. The lowest BCUT2D eigenvalue weighted by Crippen LogP contribution is -2.25. The molecule has 0 aliphatic carbocycles. The molecule has 1 amide bonds. The molecule has 7 heteroatoms. The lowest BCUT2D eigenvalue weighted by atomic mass is 10.2. The minimum absolute atomic E-state index is 0.0195. The third kappa shape index (κ3) is 4.89. The Morgan fingerprint density at radius 1 is 1.34 bits per heavy atom. The third-order valence-corrected chi connectivity index (χ3v) is 6.83. The number of rotatable bonds is 9. The molecule has 3 aromatic rings. The molecule has 1 aliphatic heterocycles. The molecule has 1 atom stereocenters. The van der Waals surface area contributed by atoms with Crippen LogP contribution in [0.25, 0.3) is 22.0 Å². The molecule has 1 N–H and O–H groups in total. The molecule has 0 radical (unpaired) electrons. The predicted octanol–water partition coefficient (Wildman–Crippen LogP) is 5.30. The Kier molecular flexibility index (Phi) is 7.27. The van der Waals surface area contributed by atoms with Crippen molar-refractivity contribution in [2.24, 2.45) is 0 Å². The van der Waals surface area contributed by atoms with E-state index in [1.807, 2.05) is 37.3 Å². The summed E-state index contributed by atoms with van der Waals surface area (Å²) in [6, 6.07) is 9.91. The van der Waals surface area contributed by atoms with Gasteiger partial charge in [-0.25, -0.2) is 4.98 Å². The molecular formula is C25H31N3O3S. The summed E-state index contributed by atoms with van der Waals surface area (Å²) in [5.41, 5.74) is 4.58. The first-order valence-corrected chi connectivity index (χ1v) is 12.2. The Morgan fingerprint density at radius 2 is 2.16 bits per heavy atom. The van der Waals surface area contributed by atoms with Gasteiger partial charge in [-0.2, -0.15) is 0 Å². The molecule has 32 heavy (non-hydrogen) atoms. The summed E-state index contributed by atoms with van der Waals surface area (Å²) in [5, 5.41) is 6.07. The summed E-state index contributed by atoms with van der Waals surface area (Å²) in [6.45, 7) is 6.38. The second-order valence-electron chi connectivity index (χ2n) is 8.15. The third-order valence-electron chi connectivity index (χ3n) is 5.94. The second kappa shape index (κ2) is 10.3. The second-order valence-corrected chi connectivity index (χ2v) is 9.01. The Labute approximate surface area is 193 Å². The number of carbonyl (C=O) groups is 1. The fourth-order valence-corrected chi connectivity index (χ4v) is 4.87. The normalized spacial score (nSPS) is 15.8. The van der Waals surface area contributed by atoms with E-state index < -0.39 is 0 Å². The lowest BCUT2D eigenvalue weighted by molar-refractivity contribution is 0.0941. The molecule has 1 fully saturated rings. The maximum Gasteiger partial charge on any atom is 0.253 e. The summed E-state index contributed by atoms with van der Waals surface area (Å²) >= 11 is 1.61. The van der Waals surface area contributed by atoms with Crippen LogP contribution in [0.3, 0.4) is 0 Å². The zero-order chi connectivity index (χ0) is 22.5. The number of ether oxygens (including phenoxy) is 2. The van der Waals surface area contributed by atoms with E-state index in [9.17, 15) is 4.79 Å². The first-order valence-electron chi connectivity index (χ1n) is 11.3. The molecule has 3 heterocycles. The number of amides is 1. The summed E-state index contributed by atoms with van der Waals surface area (Å²) in [5.74, 6) is 0.805. The van der Waals surface area contributed by atoms with Gasteiger partial charge in [-0.05, 0) is 56.5 Å². The van der Waals surface area contributed by atoms with Crippen LogP contribution >= 0.6 is 11.3 Å². The average molecular weight is 454 g/mol. The first-order chi connectivity index (χ1) is 15.6. The molecular weight excluding hydrogens is 422 g/mol. The maximum atomic E-state index is 12.9. The van der Waals surface area contributed by atoms with Crippen LogP contribution in [-0.2, 0) is 11.3 Å². The van der Waals surface area contributed by atoms with Crippen molar-refractivity contribution in [3.63, 3.8) is 0 Å². The molecule has 0 spiro atoms. The Bertz CT molecular complexity index is 1050. The quantitative estimate of drug-likeness (QED) is 0.446. The van der Waals surface area contributed by atoms with Crippen LogP contribution in [0.5, 0.6) is 5.75 Å². The van der Waals surface area contributed by atoms with Crippen molar-refractivity contribution in [1.82, 2.24) is 14.9 Å². The van der Waals surface area contributed by atoms with Crippen LogP contribution < -0.4 is 10.1 Å². The smallest absolute Gasteiger partial charge is 0.253 e. The SMILES string of the molecule is CCCCNC(=O)c1cc(-c2csc(-c3ccc(OC)cc3)n2)n(CC2CCCO2)c1C. The number of benzene rings is 1. The van der Waals surface area contributed by atoms with Crippen LogP contribution in [0, 0.1) is 6.92 Å². The topological polar surface area (TPSA) is 65.4 Å². The van der Waals surface area contributed by atoms with E-state index in [0.29, 0.717) is 12.1 Å². The average Bonchev–Trinajstić information content (AvgIpc) is 3.56. The Balaban J connectivity index is 1.66. The van der Waals surface area contributed by atoms with Gasteiger partial charge in [0.2, 0.25) is 0 Å². The van der Waals surface area contributed by atoms with Gasteiger partial charge in [0, 0.05) is 36.3 Å². The fourth-order valence-electron chi connectivity index (χ4n) is 4.05. The number of unbranched alkanes of at least 4 members (excludes halogenated alkanes) is 1. The summed E-state index contributed by atoms with van der Waals surface area (Å²) in [6.07, 6.45) is 4.34. The molecule has 6 nitrogen and oxygen atoms in total. The number of aromatic nitrogens is 2. The highest BCUT2D eigenvalue weighted by molar-refractivity contribution is 7.13. The first kappa shape index (κ1) is 22.6. The van der Waals surface area contributed by atoms with E-state index in [4.69, 9.17) is 14.5 Å². The monoisotopic (exact) mass is 453 g/mol. The predicted molar refractivity (Wildman–Crippen MR) is 128 cm³/mol. The largest absolute Gasteiger partial charge is 0.497 e. The summed E-state index contributed by atoms with van der Waals surface area (Å²) < 4.78 is 13.4. The van der Waals surface area contributed by atoms with Gasteiger partial charge in [0.25, 0.3) is 5.91 Å². The maximum absolute atomic E-state index is 12.9. The van der Waals surface area contributed by atoms with Crippen molar-refractivity contribution in [2.45, 2.75) is 52.2 Å². The fraction of sp³-hybridized carbons (Fsp3) is 0.440. The van der Waals surface area contributed by atoms with E-state index in [2.05, 4.69) is 22.2 Å². The number of hydrogen-bond acceptors (Lipinski definition) is 5. The standard InChI is InChI=1S/C25H31N3O3S/c1-4-5-12-26-24(29)21-14-23(28(17(21)2)15-20-7-6-13-31-20)22-16-32-25(27-22)18-8-10-19(30-3)11-9-18/h8-11,14,16,20H,4-7,12-13,15H2,1-3H3,(H,26,29). The minimum atomic E-state index is -0.0195. The summed E-state index contributed by atoms with van der Waals surface area (Å²) in [4.78, 5) is 17.8. The van der Waals surface area contributed by atoms with Crippen molar-refractivity contribution in [3.05, 3.63) is 47.0 Å². The van der Waals surface area contributed by atoms with E-state index in [0.717, 1.165) is 72.2 Å². The molecule has 1 aromatic carbocycles. The zero-order valence-electron chi connectivity index (χ0n) is 19.0. The number of hydrogen-bond donors (Lipinski definition) is 1. The van der Waals surface area contributed by atoms with Crippen molar-refractivity contribution < 1.29 is 14.3 Å². The van der Waals surface area contributed by atoms with E-state index in [1.54, 1.807) is 18.4 Å². The van der Waals surface area contributed by atoms with Crippen molar-refractivity contribution in [1.29, 1.82) is 0 Å². The lowest BCUT2D eigenvalue weighted by Gasteiger charge is -2.15. The van der Waals surface area contributed by atoms with Gasteiger partial charge < -0.3 is 19.4 Å². The Morgan fingerprint density at radius 3 is 2.84 bits per heavy atom. The van der Waals surface area contributed by atoms with Gasteiger partial charge in [-0.15, -0.1) is 11.3 Å². The molecule has 1 aliphatic rings. The van der Waals surface area contributed by atoms with Gasteiger partial charge in [-0.1, -0.05) is 13.3 Å². The number of nitrogens with one attached hydrogen (secondary N) is 1. The number of nitrogens with zero attached hydrogens (tertiary/aromatic N) is 2. The molecule has 170 valence electrons. The van der Waals surface area contributed by atoms with Crippen LogP contribution in [0.2, 0.25) is 0 Å². The van der Waals surface area contributed by atoms with Gasteiger partial charge in [0.1, 0.15) is 10.8 Å². The molecule has 1 unspecified atom stereocenters. The Hall–Kier alpha value is -2.64. The molecule has 0 bridgehead atoms. The van der Waals surface area contributed by atoms with E-state index in [-0.39, 0.29) is 12.0 Å². The minimum Gasteiger partial charge on any atom is -0.497 e. The van der Waals surface area contributed by atoms with Crippen molar-refractivity contribution >= 4 is 17.2 Å². The number of methoxy groups -OCH3 is 1. The highest BCUT2D eigenvalue weighted by atomic mass is 32.1. The highest BCUT2D eigenvalue weighted by Crippen LogP contribution is 2.33. The van der Waals surface area contributed by atoms with E-state index in [1.165, 1.54) is 0 Å². The van der Waals surface area contributed by atoms with Crippen LogP contribution in [0.1, 0.15) is 48.7 Å². The van der Waals surface area contributed by atoms with Gasteiger partial charge in [0.15, 0.2) is 0 Å². The van der Waals surface area contributed by atoms with Crippen LogP contribution in [0.15, 0.2) is 35.7 Å². The number of carbonyl (C=O) groups excluding carboxylic acids is 1. The summed E-state index contributed by atoms with van der Waals surface area (Å²) in [7, 11) is 1.66. The number of thiazole rings is 1.